The minimum absolute atomic E-state index is 0.236. The van der Waals surface area contributed by atoms with Gasteiger partial charge in [0, 0.05) is 18.5 Å². The lowest BCUT2D eigenvalue weighted by Gasteiger charge is -2.12. The summed E-state index contributed by atoms with van der Waals surface area (Å²) in [4.78, 5) is 15.8. The molecule has 82 valence electrons. The van der Waals surface area contributed by atoms with Crippen LogP contribution in [0.3, 0.4) is 0 Å². The maximum absolute atomic E-state index is 5.72. The number of rotatable bonds is 3. The Hall–Kier alpha value is -1.75. The first-order valence-corrected chi connectivity index (χ1v) is 5.03. The Bertz CT molecular complexity index is 465. The Labute approximate surface area is 97.5 Å². The van der Waals surface area contributed by atoms with Crippen LogP contribution in [0.5, 0.6) is 5.88 Å². The fraction of sp³-hybridized carbons (Fsp3) is 0.200. The molecule has 1 atom stereocenters. The fourth-order valence-corrected chi connectivity index (χ4v) is 1.28. The topological polar surface area (TPSA) is 60.8 Å². The molecule has 0 aliphatic heterocycles. The van der Waals surface area contributed by atoms with Crippen molar-refractivity contribution in [1.29, 1.82) is 0 Å². The molecule has 6 heteroatoms. The molecule has 16 heavy (non-hydrogen) atoms. The van der Waals surface area contributed by atoms with E-state index in [9.17, 15) is 0 Å². The minimum atomic E-state index is -0.236. The molecule has 0 radical (unpaired) electrons. The molecule has 0 N–H and O–H groups in total. The van der Waals surface area contributed by atoms with Gasteiger partial charge in [-0.25, -0.2) is 9.97 Å². The molecule has 2 aromatic heterocycles. The minimum Gasteiger partial charge on any atom is -0.468 e. The Morgan fingerprint density at radius 3 is 2.81 bits per heavy atom. The average Bonchev–Trinajstić information content (AvgIpc) is 2.30. The van der Waals surface area contributed by atoms with E-state index in [1.807, 2.05) is 6.92 Å². The summed E-state index contributed by atoms with van der Waals surface area (Å²) in [6.07, 6.45) is 5.98. The number of aromatic nitrogens is 4. The highest BCUT2D eigenvalue weighted by atomic mass is 35.5. The first-order chi connectivity index (χ1) is 7.75. The quantitative estimate of drug-likeness (QED) is 0.764. The van der Waals surface area contributed by atoms with Crippen molar-refractivity contribution in [2.75, 3.05) is 0 Å². The third-order valence-corrected chi connectivity index (χ3v) is 2.11. The van der Waals surface area contributed by atoms with Crippen molar-refractivity contribution in [1.82, 2.24) is 19.9 Å². The van der Waals surface area contributed by atoms with Crippen LogP contribution in [0.2, 0.25) is 5.15 Å². The second-order valence-corrected chi connectivity index (χ2v) is 3.46. The smallest absolute Gasteiger partial charge is 0.218 e. The van der Waals surface area contributed by atoms with Gasteiger partial charge in [-0.3, -0.25) is 9.97 Å². The number of hydrogen-bond acceptors (Lipinski definition) is 5. The summed E-state index contributed by atoms with van der Waals surface area (Å²) in [5.41, 5.74) is 0.734. The van der Waals surface area contributed by atoms with Crippen LogP contribution in [-0.4, -0.2) is 19.9 Å². The summed E-state index contributed by atoms with van der Waals surface area (Å²) in [6, 6.07) is 1.55. The van der Waals surface area contributed by atoms with E-state index in [0.717, 1.165) is 5.69 Å². The number of nitrogens with zero attached hydrogens (tertiary/aromatic N) is 4. The number of halogens is 1. The van der Waals surface area contributed by atoms with Crippen molar-refractivity contribution >= 4 is 11.6 Å². The van der Waals surface area contributed by atoms with E-state index in [2.05, 4.69) is 19.9 Å². The van der Waals surface area contributed by atoms with Crippen LogP contribution in [-0.2, 0) is 0 Å². The summed E-state index contributed by atoms with van der Waals surface area (Å²) in [7, 11) is 0. The first kappa shape index (κ1) is 10.8. The molecule has 2 aromatic rings. The van der Waals surface area contributed by atoms with Crippen LogP contribution >= 0.6 is 11.6 Å². The molecule has 0 bridgehead atoms. The van der Waals surface area contributed by atoms with Crippen LogP contribution in [0.25, 0.3) is 0 Å². The van der Waals surface area contributed by atoms with E-state index in [-0.39, 0.29) is 6.10 Å². The molecule has 0 spiro atoms. The van der Waals surface area contributed by atoms with Gasteiger partial charge >= 0.3 is 0 Å². The van der Waals surface area contributed by atoms with E-state index in [0.29, 0.717) is 11.0 Å². The van der Waals surface area contributed by atoms with Crippen LogP contribution in [0.4, 0.5) is 0 Å². The Kier molecular flexibility index (Phi) is 3.26. The van der Waals surface area contributed by atoms with Gasteiger partial charge in [0.2, 0.25) is 5.88 Å². The first-order valence-electron chi connectivity index (χ1n) is 4.66. The molecule has 2 rings (SSSR count). The maximum Gasteiger partial charge on any atom is 0.218 e. The summed E-state index contributed by atoms with van der Waals surface area (Å²) in [6.45, 7) is 1.86. The van der Waals surface area contributed by atoms with Crippen LogP contribution in [0, 0.1) is 0 Å². The standard InChI is InChI=1S/C10H9ClN4O/c1-7(8-5-12-2-3-13-8)16-10-4-9(11)14-6-15-10/h2-7H,1H3/t7-/m0/s1. The van der Waals surface area contributed by atoms with Gasteiger partial charge in [-0.15, -0.1) is 0 Å². The normalized spacial score (nSPS) is 12.1. The Balaban J connectivity index is 2.11. The molecule has 0 saturated heterocycles. The lowest BCUT2D eigenvalue weighted by Crippen LogP contribution is -2.06. The summed E-state index contributed by atoms with van der Waals surface area (Å²) in [5, 5.41) is 0.344. The molecule has 0 fully saturated rings. The third-order valence-electron chi connectivity index (χ3n) is 1.91. The van der Waals surface area contributed by atoms with Crippen molar-refractivity contribution in [3.8, 4) is 5.88 Å². The summed E-state index contributed by atoms with van der Waals surface area (Å²) in [5.74, 6) is 0.415. The van der Waals surface area contributed by atoms with E-state index in [1.165, 1.54) is 6.33 Å². The zero-order chi connectivity index (χ0) is 11.4. The van der Waals surface area contributed by atoms with E-state index < -0.39 is 0 Å². The predicted octanol–water partition coefficient (Wildman–Crippen LogP) is 2.06. The fourth-order valence-electron chi connectivity index (χ4n) is 1.14. The van der Waals surface area contributed by atoms with Crippen molar-refractivity contribution in [2.45, 2.75) is 13.0 Å². The SMILES string of the molecule is C[C@H](Oc1cc(Cl)ncn1)c1cnccn1. The number of ether oxygens (including phenoxy) is 1. The van der Waals surface area contributed by atoms with Crippen LogP contribution in [0.1, 0.15) is 18.7 Å². The molecular formula is C10H9ClN4O. The summed E-state index contributed by atoms with van der Waals surface area (Å²) >= 11 is 5.72. The van der Waals surface area contributed by atoms with Crippen molar-refractivity contribution in [3.63, 3.8) is 0 Å². The van der Waals surface area contributed by atoms with Gasteiger partial charge in [-0.2, -0.15) is 0 Å². The van der Waals surface area contributed by atoms with Gasteiger partial charge in [0.1, 0.15) is 17.6 Å². The maximum atomic E-state index is 5.72. The average molecular weight is 237 g/mol. The van der Waals surface area contributed by atoms with Gasteiger partial charge in [0.05, 0.1) is 11.9 Å². The van der Waals surface area contributed by atoms with Crippen LogP contribution in [0.15, 0.2) is 31.0 Å². The lowest BCUT2D eigenvalue weighted by molar-refractivity contribution is 0.212. The zero-order valence-corrected chi connectivity index (χ0v) is 9.30. The molecule has 5 nitrogen and oxygen atoms in total. The highest BCUT2D eigenvalue weighted by Gasteiger charge is 2.09. The monoisotopic (exact) mass is 236 g/mol. The van der Waals surface area contributed by atoms with Gasteiger partial charge in [0.15, 0.2) is 0 Å². The molecule has 0 aliphatic rings. The molecule has 0 unspecified atom stereocenters. The number of hydrogen-bond donors (Lipinski definition) is 0. The van der Waals surface area contributed by atoms with Gasteiger partial charge in [0.25, 0.3) is 0 Å². The predicted molar refractivity (Wildman–Crippen MR) is 58.1 cm³/mol. The Morgan fingerprint density at radius 2 is 2.12 bits per heavy atom. The van der Waals surface area contributed by atoms with Gasteiger partial charge in [-0.1, -0.05) is 11.6 Å². The summed E-state index contributed by atoms with van der Waals surface area (Å²) < 4.78 is 5.54. The van der Waals surface area contributed by atoms with Crippen molar-refractivity contribution in [3.05, 3.63) is 41.8 Å². The van der Waals surface area contributed by atoms with Gasteiger partial charge in [-0.05, 0) is 6.92 Å². The second-order valence-electron chi connectivity index (χ2n) is 3.07. The molecule has 0 amide bonds. The zero-order valence-electron chi connectivity index (χ0n) is 8.54. The molecule has 0 saturated carbocycles. The Morgan fingerprint density at radius 1 is 1.25 bits per heavy atom. The van der Waals surface area contributed by atoms with Crippen molar-refractivity contribution in [2.24, 2.45) is 0 Å². The molecule has 0 aromatic carbocycles. The highest BCUT2D eigenvalue weighted by Crippen LogP contribution is 2.18. The highest BCUT2D eigenvalue weighted by molar-refractivity contribution is 6.29. The molecule has 2 heterocycles. The van der Waals surface area contributed by atoms with E-state index in [1.54, 1.807) is 24.7 Å². The third kappa shape index (κ3) is 2.64. The van der Waals surface area contributed by atoms with E-state index in [4.69, 9.17) is 16.3 Å². The molecular weight excluding hydrogens is 228 g/mol. The van der Waals surface area contributed by atoms with Crippen LogP contribution < -0.4 is 4.74 Å². The molecule has 0 aliphatic carbocycles. The largest absolute Gasteiger partial charge is 0.468 e. The second kappa shape index (κ2) is 4.85. The van der Waals surface area contributed by atoms with Crippen molar-refractivity contribution < 1.29 is 4.74 Å². The van der Waals surface area contributed by atoms with Gasteiger partial charge < -0.3 is 4.74 Å². The lowest BCUT2D eigenvalue weighted by atomic mass is 10.3. The van der Waals surface area contributed by atoms with E-state index >= 15 is 0 Å².